The summed E-state index contributed by atoms with van der Waals surface area (Å²) >= 11 is 0. The van der Waals surface area contributed by atoms with Gasteiger partial charge in [0.1, 0.15) is 6.04 Å². The van der Waals surface area contributed by atoms with Crippen molar-refractivity contribution >= 4 is 15.8 Å². The van der Waals surface area contributed by atoms with Gasteiger partial charge in [0.05, 0.1) is 11.0 Å². The van der Waals surface area contributed by atoms with Gasteiger partial charge >= 0.3 is 5.97 Å². The molecule has 0 radical (unpaired) electrons. The van der Waals surface area contributed by atoms with Gasteiger partial charge in [-0.15, -0.1) is 0 Å². The van der Waals surface area contributed by atoms with Gasteiger partial charge in [0, 0.05) is 6.54 Å². The van der Waals surface area contributed by atoms with Gasteiger partial charge in [0.25, 0.3) is 0 Å². The average molecular weight is 285 g/mol. The molecule has 0 spiro atoms. The first-order valence-corrected chi connectivity index (χ1v) is 7.79. The molecular weight excluding hydrogens is 266 g/mol. The Morgan fingerprint density at radius 3 is 2.32 bits per heavy atom. The largest absolute Gasteiger partial charge is 0.480 e. The summed E-state index contributed by atoms with van der Waals surface area (Å²) in [4.78, 5) is 11.2. The number of carbonyl (C=O) groups is 1. The lowest BCUT2D eigenvalue weighted by molar-refractivity contribution is -0.139. The summed E-state index contributed by atoms with van der Waals surface area (Å²) in [5.41, 5.74) is 0.608. The lowest BCUT2D eigenvalue weighted by Gasteiger charge is -2.15. The summed E-state index contributed by atoms with van der Waals surface area (Å²) in [6.45, 7) is 3.34. The van der Waals surface area contributed by atoms with E-state index in [2.05, 4.69) is 5.32 Å². The van der Waals surface area contributed by atoms with Crippen LogP contribution in [0.25, 0.3) is 0 Å². The Morgan fingerprint density at radius 2 is 1.84 bits per heavy atom. The molecule has 0 bridgehead atoms. The van der Waals surface area contributed by atoms with Gasteiger partial charge in [0.2, 0.25) is 0 Å². The van der Waals surface area contributed by atoms with Crippen molar-refractivity contribution in [1.29, 1.82) is 0 Å². The Morgan fingerprint density at radius 1 is 1.26 bits per heavy atom. The molecule has 0 amide bonds. The van der Waals surface area contributed by atoms with Crippen LogP contribution in [0.15, 0.2) is 30.3 Å². The van der Waals surface area contributed by atoms with Crippen molar-refractivity contribution in [2.45, 2.75) is 25.1 Å². The first kappa shape index (κ1) is 15.7. The molecule has 0 aromatic heterocycles. The van der Waals surface area contributed by atoms with Gasteiger partial charge < -0.3 is 5.11 Å². The smallest absolute Gasteiger partial charge is 0.325 e. The number of carboxylic acid groups (broad SMARTS) is 1. The van der Waals surface area contributed by atoms with E-state index >= 15 is 0 Å². The molecule has 1 atom stereocenters. The molecule has 19 heavy (non-hydrogen) atoms. The van der Waals surface area contributed by atoms with E-state index in [-0.39, 0.29) is 12.3 Å². The maximum absolute atomic E-state index is 11.6. The summed E-state index contributed by atoms with van der Waals surface area (Å²) in [7, 11) is -3.16. The summed E-state index contributed by atoms with van der Waals surface area (Å²) in [6.07, 6.45) is 0. The Bertz CT molecular complexity index is 511. The number of aliphatic carboxylic acids is 1. The molecule has 106 valence electrons. The second kappa shape index (κ2) is 6.68. The fourth-order valence-corrected chi connectivity index (χ4v) is 2.45. The fourth-order valence-electron chi connectivity index (χ4n) is 1.57. The summed E-state index contributed by atoms with van der Waals surface area (Å²) < 4.78 is 23.3. The molecule has 1 rings (SSSR count). The second-order valence-electron chi connectivity index (χ2n) is 4.55. The van der Waals surface area contributed by atoms with Gasteiger partial charge in [-0.2, -0.15) is 0 Å². The topological polar surface area (TPSA) is 83.5 Å². The zero-order chi connectivity index (χ0) is 14.5. The maximum Gasteiger partial charge on any atom is 0.325 e. The lowest BCUT2D eigenvalue weighted by atomic mass is 10.1. The highest BCUT2D eigenvalue weighted by molar-refractivity contribution is 7.92. The van der Waals surface area contributed by atoms with Gasteiger partial charge in [0.15, 0.2) is 9.84 Å². The van der Waals surface area contributed by atoms with Crippen molar-refractivity contribution in [2.24, 2.45) is 0 Å². The van der Waals surface area contributed by atoms with E-state index in [4.69, 9.17) is 5.11 Å². The highest BCUT2D eigenvalue weighted by Crippen LogP contribution is 2.12. The van der Waals surface area contributed by atoms with Crippen LogP contribution in [0, 0.1) is 0 Å². The molecular formula is C13H19NO4S. The highest BCUT2D eigenvalue weighted by atomic mass is 32.2. The Balaban J connectivity index is 2.65. The first-order valence-electron chi connectivity index (χ1n) is 6.07. The molecule has 0 aliphatic rings. The van der Waals surface area contributed by atoms with Crippen molar-refractivity contribution in [3.05, 3.63) is 35.9 Å². The predicted octanol–water partition coefficient (Wildman–Crippen LogP) is 1.23. The van der Waals surface area contributed by atoms with E-state index in [0.29, 0.717) is 5.56 Å². The molecule has 0 heterocycles. The Labute approximate surface area is 113 Å². The molecule has 0 fully saturated rings. The van der Waals surface area contributed by atoms with E-state index < -0.39 is 27.1 Å². The SMILES string of the molecule is CC(C)S(=O)(=O)CCNC(C(=O)O)c1ccccc1. The van der Waals surface area contributed by atoms with Gasteiger partial charge in [-0.1, -0.05) is 30.3 Å². The highest BCUT2D eigenvalue weighted by Gasteiger charge is 2.21. The zero-order valence-corrected chi connectivity index (χ0v) is 11.9. The number of sulfone groups is 1. The van der Waals surface area contributed by atoms with Crippen molar-refractivity contribution in [2.75, 3.05) is 12.3 Å². The van der Waals surface area contributed by atoms with Crippen LogP contribution in [-0.2, 0) is 14.6 Å². The van der Waals surface area contributed by atoms with Gasteiger partial charge in [-0.3, -0.25) is 10.1 Å². The normalized spacial score (nSPS) is 13.4. The van der Waals surface area contributed by atoms with E-state index in [1.807, 2.05) is 0 Å². The molecule has 1 aromatic carbocycles. The second-order valence-corrected chi connectivity index (χ2v) is 7.23. The van der Waals surface area contributed by atoms with Crippen LogP contribution in [-0.4, -0.2) is 37.0 Å². The van der Waals surface area contributed by atoms with Crippen LogP contribution in [0.3, 0.4) is 0 Å². The van der Waals surface area contributed by atoms with E-state index in [1.165, 1.54) is 0 Å². The molecule has 1 aromatic rings. The van der Waals surface area contributed by atoms with Gasteiger partial charge in [-0.05, 0) is 19.4 Å². The number of benzene rings is 1. The number of carboxylic acids is 1. The molecule has 6 heteroatoms. The number of hydrogen-bond donors (Lipinski definition) is 2. The fraction of sp³-hybridized carbons (Fsp3) is 0.462. The van der Waals surface area contributed by atoms with Crippen LogP contribution in [0.1, 0.15) is 25.5 Å². The molecule has 0 saturated carbocycles. The Hall–Kier alpha value is -1.40. The summed E-state index contributed by atoms with van der Waals surface area (Å²) in [5.74, 6) is -1.09. The average Bonchev–Trinajstić information content (AvgIpc) is 2.35. The van der Waals surface area contributed by atoms with Crippen molar-refractivity contribution < 1.29 is 18.3 Å². The first-order chi connectivity index (χ1) is 8.84. The third kappa shape index (κ3) is 4.65. The standard InChI is InChI=1S/C13H19NO4S/c1-10(2)19(17,18)9-8-14-12(13(15)16)11-6-4-3-5-7-11/h3-7,10,12,14H,8-9H2,1-2H3,(H,15,16). The third-order valence-corrected chi connectivity index (χ3v) is 5.04. The third-order valence-electron chi connectivity index (χ3n) is 2.83. The Kier molecular flexibility index (Phi) is 5.50. The predicted molar refractivity (Wildman–Crippen MR) is 73.7 cm³/mol. The van der Waals surface area contributed by atoms with E-state index in [1.54, 1.807) is 44.2 Å². The molecule has 1 unspecified atom stereocenters. The summed E-state index contributed by atoms with van der Waals surface area (Å²) in [5, 5.41) is 11.5. The minimum absolute atomic E-state index is 0.0682. The minimum atomic E-state index is -3.16. The molecule has 0 saturated heterocycles. The van der Waals surface area contributed by atoms with E-state index in [0.717, 1.165) is 0 Å². The van der Waals surface area contributed by atoms with E-state index in [9.17, 15) is 13.2 Å². The molecule has 0 aliphatic carbocycles. The number of rotatable bonds is 7. The zero-order valence-electron chi connectivity index (χ0n) is 11.0. The quantitative estimate of drug-likeness (QED) is 0.787. The molecule has 0 aliphatic heterocycles. The van der Waals surface area contributed by atoms with Crippen molar-refractivity contribution in [3.63, 3.8) is 0 Å². The summed E-state index contributed by atoms with van der Waals surface area (Å²) in [6, 6.07) is 7.80. The van der Waals surface area contributed by atoms with Crippen molar-refractivity contribution in [3.8, 4) is 0 Å². The van der Waals surface area contributed by atoms with Crippen LogP contribution >= 0.6 is 0 Å². The van der Waals surface area contributed by atoms with Crippen LogP contribution in [0.2, 0.25) is 0 Å². The van der Waals surface area contributed by atoms with Crippen LogP contribution in [0.5, 0.6) is 0 Å². The maximum atomic E-state index is 11.6. The minimum Gasteiger partial charge on any atom is -0.480 e. The van der Waals surface area contributed by atoms with Gasteiger partial charge in [-0.25, -0.2) is 8.42 Å². The van der Waals surface area contributed by atoms with Crippen LogP contribution in [0.4, 0.5) is 0 Å². The molecule has 2 N–H and O–H groups in total. The van der Waals surface area contributed by atoms with Crippen molar-refractivity contribution in [1.82, 2.24) is 5.32 Å². The monoisotopic (exact) mass is 285 g/mol. The molecule has 5 nitrogen and oxygen atoms in total. The van der Waals surface area contributed by atoms with Crippen LogP contribution < -0.4 is 5.32 Å². The lowest BCUT2D eigenvalue weighted by Crippen LogP contribution is -2.33. The number of hydrogen-bond acceptors (Lipinski definition) is 4. The number of nitrogens with one attached hydrogen (secondary N) is 1.